The first-order valence-electron chi connectivity index (χ1n) is 6.33. The largest absolute Gasteiger partial charge is 0.378 e. The van der Waals surface area contributed by atoms with Gasteiger partial charge >= 0.3 is 0 Å². The SMILES string of the molecule is CNCC1CCCOC1C1CC=CCC1. The molecule has 3 atom stereocenters. The average molecular weight is 209 g/mol. The van der Waals surface area contributed by atoms with Crippen molar-refractivity contribution in [2.24, 2.45) is 11.8 Å². The zero-order valence-electron chi connectivity index (χ0n) is 9.74. The third-order valence-electron chi connectivity index (χ3n) is 3.73. The van der Waals surface area contributed by atoms with E-state index in [0.717, 1.165) is 25.0 Å². The highest BCUT2D eigenvalue weighted by atomic mass is 16.5. The predicted molar refractivity (Wildman–Crippen MR) is 62.9 cm³/mol. The molecule has 1 N–H and O–H groups in total. The first-order chi connectivity index (χ1) is 7.42. The first kappa shape index (κ1) is 11.2. The molecule has 86 valence electrons. The lowest BCUT2D eigenvalue weighted by atomic mass is 9.80. The van der Waals surface area contributed by atoms with Crippen LogP contribution in [0.4, 0.5) is 0 Å². The van der Waals surface area contributed by atoms with Gasteiger partial charge in [-0.05, 0) is 51.0 Å². The zero-order chi connectivity index (χ0) is 10.5. The lowest BCUT2D eigenvalue weighted by molar-refractivity contribution is -0.0613. The zero-order valence-corrected chi connectivity index (χ0v) is 9.74. The van der Waals surface area contributed by atoms with Crippen LogP contribution >= 0.6 is 0 Å². The molecule has 0 radical (unpaired) electrons. The van der Waals surface area contributed by atoms with Crippen molar-refractivity contribution in [1.82, 2.24) is 5.32 Å². The van der Waals surface area contributed by atoms with Crippen LogP contribution in [0.1, 0.15) is 32.1 Å². The molecule has 1 heterocycles. The van der Waals surface area contributed by atoms with Crippen LogP contribution in [0, 0.1) is 11.8 Å². The monoisotopic (exact) mass is 209 g/mol. The van der Waals surface area contributed by atoms with Gasteiger partial charge in [0, 0.05) is 13.2 Å². The maximum atomic E-state index is 6.01. The Kier molecular flexibility index (Phi) is 4.21. The molecule has 0 aromatic rings. The summed E-state index contributed by atoms with van der Waals surface area (Å²) >= 11 is 0. The van der Waals surface area contributed by atoms with E-state index in [1.807, 2.05) is 7.05 Å². The summed E-state index contributed by atoms with van der Waals surface area (Å²) in [5.74, 6) is 1.51. The maximum Gasteiger partial charge on any atom is 0.0646 e. The Morgan fingerprint density at radius 3 is 3.00 bits per heavy atom. The second-order valence-electron chi connectivity index (χ2n) is 4.84. The van der Waals surface area contributed by atoms with E-state index >= 15 is 0 Å². The van der Waals surface area contributed by atoms with Gasteiger partial charge in [-0.1, -0.05) is 12.2 Å². The molecular weight excluding hydrogens is 186 g/mol. The molecule has 2 rings (SSSR count). The van der Waals surface area contributed by atoms with Gasteiger partial charge in [0.05, 0.1) is 6.10 Å². The third-order valence-corrected chi connectivity index (χ3v) is 3.73. The van der Waals surface area contributed by atoms with Crippen LogP contribution in [0.2, 0.25) is 0 Å². The first-order valence-corrected chi connectivity index (χ1v) is 6.33. The number of rotatable bonds is 3. The number of allylic oxidation sites excluding steroid dienone is 2. The molecule has 1 fully saturated rings. The highest BCUT2D eigenvalue weighted by molar-refractivity contribution is 4.94. The van der Waals surface area contributed by atoms with Gasteiger partial charge in [-0.3, -0.25) is 0 Å². The minimum atomic E-state index is 0.510. The van der Waals surface area contributed by atoms with Crippen LogP contribution in [0.25, 0.3) is 0 Å². The van der Waals surface area contributed by atoms with Crippen molar-refractivity contribution in [3.05, 3.63) is 12.2 Å². The molecule has 3 unspecified atom stereocenters. The second kappa shape index (κ2) is 5.66. The van der Waals surface area contributed by atoms with E-state index in [-0.39, 0.29) is 0 Å². The molecule has 2 nitrogen and oxygen atoms in total. The third kappa shape index (κ3) is 2.82. The van der Waals surface area contributed by atoms with E-state index in [1.165, 1.54) is 32.1 Å². The van der Waals surface area contributed by atoms with E-state index in [9.17, 15) is 0 Å². The number of hydrogen-bond acceptors (Lipinski definition) is 2. The van der Waals surface area contributed by atoms with Crippen LogP contribution in [0.3, 0.4) is 0 Å². The van der Waals surface area contributed by atoms with Gasteiger partial charge in [0.15, 0.2) is 0 Å². The molecular formula is C13H23NO. The van der Waals surface area contributed by atoms with Crippen molar-refractivity contribution in [2.45, 2.75) is 38.2 Å². The summed E-state index contributed by atoms with van der Waals surface area (Å²) in [4.78, 5) is 0. The fourth-order valence-corrected chi connectivity index (χ4v) is 2.98. The molecule has 15 heavy (non-hydrogen) atoms. The minimum absolute atomic E-state index is 0.510. The smallest absolute Gasteiger partial charge is 0.0646 e. The minimum Gasteiger partial charge on any atom is -0.378 e. The van der Waals surface area contributed by atoms with Crippen molar-refractivity contribution in [3.63, 3.8) is 0 Å². The highest BCUT2D eigenvalue weighted by Crippen LogP contribution is 2.32. The van der Waals surface area contributed by atoms with Gasteiger partial charge in [0.25, 0.3) is 0 Å². The Morgan fingerprint density at radius 1 is 1.33 bits per heavy atom. The maximum absolute atomic E-state index is 6.01. The molecule has 0 saturated carbocycles. The Labute approximate surface area is 93.1 Å². The van der Waals surface area contributed by atoms with Gasteiger partial charge in [-0.2, -0.15) is 0 Å². The van der Waals surface area contributed by atoms with E-state index in [0.29, 0.717) is 6.10 Å². The molecule has 0 aromatic heterocycles. The van der Waals surface area contributed by atoms with Crippen molar-refractivity contribution < 1.29 is 4.74 Å². The van der Waals surface area contributed by atoms with Gasteiger partial charge in [0.2, 0.25) is 0 Å². The molecule has 0 amide bonds. The molecule has 0 bridgehead atoms. The topological polar surface area (TPSA) is 21.3 Å². The lowest BCUT2D eigenvalue weighted by Crippen LogP contribution is -2.40. The lowest BCUT2D eigenvalue weighted by Gasteiger charge is -2.37. The number of hydrogen-bond donors (Lipinski definition) is 1. The van der Waals surface area contributed by atoms with Crippen LogP contribution in [-0.2, 0) is 4.74 Å². The fourth-order valence-electron chi connectivity index (χ4n) is 2.98. The Hall–Kier alpha value is -0.340. The van der Waals surface area contributed by atoms with E-state index in [4.69, 9.17) is 4.74 Å². The van der Waals surface area contributed by atoms with Crippen molar-refractivity contribution >= 4 is 0 Å². The second-order valence-corrected chi connectivity index (χ2v) is 4.84. The Morgan fingerprint density at radius 2 is 2.27 bits per heavy atom. The van der Waals surface area contributed by atoms with Crippen LogP contribution in [0.5, 0.6) is 0 Å². The summed E-state index contributed by atoms with van der Waals surface area (Å²) < 4.78 is 6.01. The van der Waals surface area contributed by atoms with Crippen molar-refractivity contribution in [2.75, 3.05) is 20.2 Å². The Bertz CT molecular complexity index is 213. The number of nitrogens with one attached hydrogen (secondary N) is 1. The van der Waals surface area contributed by atoms with Crippen LogP contribution in [0.15, 0.2) is 12.2 Å². The van der Waals surface area contributed by atoms with E-state index in [1.54, 1.807) is 0 Å². The Balaban J connectivity index is 1.93. The summed E-state index contributed by atoms with van der Waals surface area (Å²) in [5, 5.41) is 3.31. The van der Waals surface area contributed by atoms with Gasteiger partial charge in [-0.25, -0.2) is 0 Å². The van der Waals surface area contributed by atoms with Crippen molar-refractivity contribution in [1.29, 1.82) is 0 Å². The summed E-state index contributed by atoms with van der Waals surface area (Å²) in [6.07, 6.45) is 11.5. The van der Waals surface area contributed by atoms with E-state index in [2.05, 4.69) is 17.5 Å². The molecule has 2 heteroatoms. The summed E-state index contributed by atoms with van der Waals surface area (Å²) in [5.41, 5.74) is 0. The fraction of sp³-hybridized carbons (Fsp3) is 0.846. The quantitative estimate of drug-likeness (QED) is 0.720. The summed E-state index contributed by atoms with van der Waals surface area (Å²) in [6, 6.07) is 0. The van der Waals surface area contributed by atoms with Crippen LogP contribution < -0.4 is 5.32 Å². The highest BCUT2D eigenvalue weighted by Gasteiger charge is 2.32. The molecule has 2 aliphatic rings. The summed E-state index contributed by atoms with van der Waals surface area (Å²) in [6.45, 7) is 2.09. The molecule has 1 aliphatic carbocycles. The van der Waals surface area contributed by atoms with E-state index < -0.39 is 0 Å². The molecule has 1 saturated heterocycles. The molecule has 1 aliphatic heterocycles. The number of ether oxygens (including phenoxy) is 1. The molecule has 0 spiro atoms. The predicted octanol–water partition coefficient (Wildman–Crippen LogP) is 2.36. The average Bonchev–Trinajstić information content (AvgIpc) is 2.31. The summed E-state index contributed by atoms with van der Waals surface area (Å²) in [7, 11) is 2.05. The molecule has 0 aromatic carbocycles. The van der Waals surface area contributed by atoms with Crippen LogP contribution in [-0.4, -0.2) is 26.3 Å². The standard InChI is InChI=1S/C13H23NO/c1-14-10-12-8-5-9-15-13(12)11-6-3-2-4-7-11/h2-3,11-14H,4-10H2,1H3. The van der Waals surface area contributed by atoms with Gasteiger partial charge in [0.1, 0.15) is 0 Å². The normalized spacial score (nSPS) is 36.7. The van der Waals surface area contributed by atoms with Gasteiger partial charge < -0.3 is 10.1 Å². The van der Waals surface area contributed by atoms with Crippen molar-refractivity contribution in [3.8, 4) is 0 Å². The van der Waals surface area contributed by atoms with Gasteiger partial charge in [-0.15, -0.1) is 0 Å².